The fourth-order valence-corrected chi connectivity index (χ4v) is 3.94. The zero-order valence-electron chi connectivity index (χ0n) is 11.7. The van der Waals surface area contributed by atoms with Gasteiger partial charge in [-0.2, -0.15) is 0 Å². The van der Waals surface area contributed by atoms with E-state index in [4.69, 9.17) is 10.8 Å². The van der Waals surface area contributed by atoms with Gasteiger partial charge in [-0.3, -0.25) is 9.59 Å². The summed E-state index contributed by atoms with van der Waals surface area (Å²) in [4.78, 5) is 25.1. The summed E-state index contributed by atoms with van der Waals surface area (Å²) in [6.07, 6.45) is 3.31. The molecule has 0 saturated heterocycles. The third-order valence-corrected chi connectivity index (χ3v) is 4.89. The molecule has 108 valence electrons. The first-order valence-electron chi connectivity index (χ1n) is 7.23. The Bertz CT molecular complexity index is 370. The van der Waals surface area contributed by atoms with E-state index in [1.54, 1.807) is 11.8 Å². The van der Waals surface area contributed by atoms with Gasteiger partial charge in [0.25, 0.3) is 0 Å². The number of aliphatic carboxylic acids is 1. The van der Waals surface area contributed by atoms with E-state index in [1.165, 1.54) is 0 Å². The highest BCUT2D eigenvalue weighted by Gasteiger charge is 2.50. The van der Waals surface area contributed by atoms with Crippen LogP contribution in [-0.2, 0) is 9.59 Å². The lowest BCUT2D eigenvalue weighted by Gasteiger charge is -2.35. The van der Waals surface area contributed by atoms with Crippen molar-refractivity contribution in [3.8, 4) is 0 Å². The number of carbonyl (C=O) groups is 2. The molecule has 2 fully saturated rings. The summed E-state index contributed by atoms with van der Waals surface area (Å²) in [6.45, 7) is 4.25. The van der Waals surface area contributed by atoms with Gasteiger partial charge in [0.05, 0.1) is 12.3 Å². The predicted octanol–water partition coefficient (Wildman–Crippen LogP) is 1.07. The Balaban J connectivity index is 2.06. The molecule has 0 heterocycles. The maximum absolute atomic E-state index is 12.7. The highest BCUT2D eigenvalue weighted by Crippen LogP contribution is 2.48. The number of carbonyl (C=O) groups excluding carboxylic acids is 1. The van der Waals surface area contributed by atoms with Crippen LogP contribution < -0.4 is 5.73 Å². The van der Waals surface area contributed by atoms with Crippen molar-refractivity contribution in [3.63, 3.8) is 0 Å². The molecule has 5 nitrogen and oxygen atoms in total. The third-order valence-electron chi connectivity index (χ3n) is 4.89. The van der Waals surface area contributed by atoms with E-state index in [2.05, 4.69) is 0 Å². The number of carboxylic acid groups (broad SMARTS) is 1. The molecule has 0 spiro atoms. The molecule has 1 amide bonds. The Kier molecular flexibility index (Phi) is 4.13. The van der Waals surface area contributed by atoms with Crippen molar-refractivity contribution in [1.29, 1.82) is 0 Å². The normalized spacial score (nSPS) is 34.3. The number of hydrogen-bond acceptors (Lipinski definition) is 3. The summed E-state index contributed by atoms with van der Waals surface area (Å²) in [5.41, 5.74) is 6.20. The molecular weight excluding hydrogens is 244 g/mol. The van der Waals surface area contributed by atoms with Crippen LogP contribution in [-0.4, -0.2) is 40.5 Å². The molecule has 0 aromatic heterocycles. The molecule has 19 heavy (non-hydrogen) atoms. The van der Waals surface area contributed by atoms with E-state index in [0.717, 1.165) is 19.3 Å². The smallest absolute Gasteiger partial charge is 0.305 e. The molecule has 5 heteroatoms. The van der Waals surface area contributed by atoms with Gasteiger partial charge in [0, 0.05) is 18.6 Å². The molecule has 2 aliphatic rings. The van der Waals surface area contributed by atoms with Crippen LogP contribution in [0.5, 0.6) is 0 Å². The first-order valence-corrected chi connectivity index (χ1v) is 7.23. The second-order valence-corrected chi connectivity index (χ2v) is 6.01. The standard InChI is InChI=1S/C14H24N2O3/c1-3-16(8(2)6-11(17)18)14(19)12-9-4-5-10(7-9)13(12)15/h8-10,12-13H,3-7,15H2,1-2H3,(H,17,18). The lowest BCUT2D eigenvalue weighted by atomic mass is 9.83. The highest BCUT2D eigenvalue weighted by atomic mass is 16.4. The lowest BCUT2D eigenvalue weighted by molar-refractivity contribution is -0.143. The van der Waals surface area contributed by atoms with Crippen LogP contribution in [0, 0.1) is 17.8 Å². The van der Waals surface area contributed by atoms with Gasteiger partial charge in [0.2, 0.25) is 5.91 Å². The number of rotatable bonds is 5. The Morgan fingerprint density at radius 1 is 1.37 bits per heavy atom. The van der Waals surface area contributed by atoms with Crippen molar-refractivity contribution >= 4 is 11.9 Å². The van der Waals surface area contributed by atoms with Crippen molar-refractivity contribution < 1.29 is 14.7 Å². The Morgan fingerprint density at radius 3 is 2.47 bits per heavy atom. The maximum atomic E-state index is 12.7. The van der Waals surface area contributed by atoms with Crippen molar-refractivity contribution in [1.82, 2.24) is 4.90 Å². The van der Waals surface area contributed by atoms with E-state index in [1.807, 2.05) is 6.92 Å². The van der Waals surface area contributed by atoms with Crippen LogP contribution >= 0.6 is 0 Å². The van der Waals surface area contributed by atoms with Gasteiger partial charge in [-0.1, -0.05) is 0 Å². The molecule has 5 atom stereocenters. The average molecular weight is 268 g/mol. The van der Waals surface area contributed by atoms with Crippen LogP contribution in [0.3, 0.4) is 0 Å². The minimum Gasteiger partial charge on any atom is -0.481 e. The number of nitrogens with zero attached hydrogens (tertiary/aromatic N) is 1. The molecule has 0 radical (unpaired) electrons. The van der Waals surface area contributed by atoms with E-state index in [9.17, 15) is 9.59 Å². The first kappa shape index (κ1) is 14.3. The molecule has 2 saturated carbocycles. The van der Waals surface area contributed by atoms with E-state index < -0.39 is 5.97 Å². The first-order chi connectivity index (χ1) is 8.95. The monoisotopic (exact) mass is 268 g/mol. The SMILES string of the molecule is CCN(C(=O)C1C2CCC(C2)C1N)C(C)CC(=O)O. The van der Waals surface area contributed by atoms with Crippen molar-refractivity contribution in [2.24, 2.45) is 23.5 Å². The van der Waals surface area contributed by atoms with Gasteiger partial charge in [0.15, 0.2) is 0 Å². The van der Waals surface area contributed by atoms with Gasteiger partial charge in [-0.15, -0.1) is 0 Å². The minimum atomic E-state index is -0.865. The van der Waals surface area contributed by atoms with E-state index in [-0.39, 0.29) is 30.3 Å². The predicted molar refractivity (Wildman–Crippen MR) is 71.4 cm³/mol. The van der Waals surface area contributed by atoms with Crippen LogP contribution in [0.4, 0.5) is 0 Å². The second kappa shape index (κ2) is 5.49. The van der Waals surface area contributed by atoms with Crippen LogP contribution in [0.2, 0.25) is 0 Å². The molecule has 0 aliphatic heterocycles. The van der Waals surface area contributed by atoms with E-state index >= 15 is 0 Å². The molecule has 0 aromatic carbocycles. The van der Waals surface area contributed by atoms with E-state index in [0.29, 0.717) is 18.4 Å². The van der Waals surface area contributed by atoms with Crippen molar-refractivity contribution in [2.45, 2.75) is 51.6 Å². The third kappa shape index (κ3) is 2.61. The Morgan fingerprint density at radius 2 is 2.00 bits per heavy atom. The summed E-state index contributed by atoms with van der Waals surface area (Å²) < 4.78 is 0. The summed E-state index contributed by atoms with van der Waals surface area (Å²) in [7, 11) is 0. The number of amides is 1. The highest BCUT2D eigenvalue weighted by molar-refractivity contribution is 5.81. The van der Waals surface area contributed by atoms with Crippen LogP contribution in [0.1, 0.15) is 39.5 Å². The maximum Gasteiger partial charge on any atom is 0.305 e. The van der Waals surface area contributed by atoms with Crippen LogP contribution in [0.25, 0.3) is 0 Å². The molecule has 2 rings (SSSR count). The molecular formula is C14H24N2O3. The average Bonchev–Trinajstić information content (AvgIpc) is 2.88. The zero-order valence-corrected chi connectivity index (χ0v) is 11.7. The van der Waals surface area contributed by atoms with Gasteiger partial charge in [0.1, 0.15) is 0 Å². The zero-order chi connectivity index (χ0) is 14.2. The molecule has 3 N–H and O–H groups in total. The quantitative estimate of drug-likeness (QED) is 0.781. The largest absolute Gasteiger partial charge is 0.481 e. The fourth-order valence-electron chi connectivity index (χ4n) is 3.94. The summed E-state index contributed by atoms with van der Waals surface area (Å²) in [5.74, 6) is 0.0212. The fraction of sp³-hybridized carbons (Fsp3) is 0.857. The number of fused-ring (bicyclic) bond motifs is 2. The molecule has 2 bridgehead atoms. The topological polar surface area (TPSA) is 83.6 Å². The van der Waals surface area contributed by atoms with Crippen molar-refractivity contribution in [3.05, 3.63) is 0 Å². The summed E-state index contributed by atoms with van der Waals surface area (Å²) in [5, 5.41) is 8.87. The van der Waals surface area contributed by atoms with Crippen LogP contribution in [0.15, 0.2) is 0 Å². The van der Waals surface area contributed by atoms with Crippen molar-refractivity contribution in [2.75, 3.05) is 6.54 Å². The lowest BCUT2D eigenvalue weighted by Crippen LogP contribution is -2.50. The molecule has 5 unspecified atom stereocenters. The number of carboxylic acids is 1. The Labute approximate surface area is 114 Å². The van der Waals surface area contributed by atoms with Gasteiger partial charge < -0.3 is 15.7 Å². The second-order valence-electron chi connectivity index (χ2n) is 6.01. The van der Waals surface area contributed by atoms with Gasteiger partial charge in [-0.25, -0.2) is 0 Å². The summed E-state index contributed by atoms with van der Waals surface area (Å²) in [6, 6.07) is -0.293. The molecule has 2 aliphatic carbocycles. The molecule has 0 aromatic rings. The van der Waals surface area contributed by atoms with Gasteiger partial charge in [-0.05, 0) is 44.9 Å². The van der Waals surface area contributed by atoms with Gasteiger partial charge >= 0.3 is 5.97 Å². The number of hydrogen-bond donors (Lipinski definition) is 2. The minimum absolute atomic E-state index is 0.00433. The Hall–Kier alpha value is -1.10. The summed E-state index contributed by atoms with van der Waals surface area (Å²) >= 11 is 0. The number of nitrogens with two attached hydrogens (primary N) is 1.